The Morgan fingerprint density at radius 3 is 2.72 bits per heavy atom. The number of ether oxygens (including phenoxy) is 1. The molecule has 0 aliphatic carbocycles. The molecule has 1 aromatic carbocycles. The van der Waals surface area contributed by atoms with Crippen molar-refractivity contribution in [2.24, 2.45) is 0 Å². The predicted octanol–water partition coefficient (Wildman–Crippen LogP) is 2.01. The van der Waals surface area contributed by atoms with Gasteiger partial charge in [-0.1, -0.05) is 30.3 Å². The second-order valence-corrected chi connectivity index (χ2v) is 6.75. The minimum absolute atomic E-state index is 0.0596. The van der Waals surface area contributed by atoms with Gasteiger partial charge >= 0.3 is 0 Å². The molecule has 6 nitrogen and oxygen atoms in total. The summed E-state index contributed by atoms with van der Waals surface area (Å²) in [5.41, 5.74) is 2.44. The van der Waals surface area contributed by atoms with Crippen molar-refractivity contribution in [1.82, 2.24) is 20.0 Å². The van der Waals surface area contributed by atoms with Crippen molar-refractivity contribution in [1.29, 1.82) is 0 Å². The largest absolute Gasteiger partial charge is 0.377 e. The first-order chi connectivity index (χ1) is 12.3. The number of aromatic nitrogens is 2. The fourth-order valence-electron chi connectivity index (χ4n) is 3.65. The van der Waals surface area contributed by atoms with Crippen molar-refractivity contribution in [2.45, 2.75) is 18.9 Å². The molecule has 1 amide bonds. The number of nitrogens with one attached hydrogen (secondary N) is 1. The van der Waals surface area contributed by atoms with Crippen LogP contribution in [0, 0.1) is 0 Å². The zero-order chi connectivity index (χ0) is 17.1. The molecule has 2 aromatic rings. The maximum absolute atomic E-state index is 12.9. The van der Waals surface area contributed by atoms with Crippen LogP contribution in [0.15, 0.2) is 36.5 Å². The van der Waals surface area contributed by atoms with Gasteiger partial charge in [-0.05, 0) is 12.8 Å². The highest BCUT2D eigenvalue weighted by molar-refractivity contribution is 5.99. The third-order valence-corrected chi connectivity index (χ3v) is 5.08. The van der Waals surface area contributed by atoms with Gasteiger partial charge in [0.25, 0.3) is 5.91 Å². The zero-order valence-electron chi connectivity index (χ0n) is 14.4. The maximum atomic E-state index is 12.9. The van der Waals surface area contributed by atoms with Crippen molar-refractivity contribution in [3.05, 3.63) is 42.1 Å². The number of benzene rings is 1. The number of nitrogens with zero attached hydrogens (tertiary/aromatic N) is 3. The van der Waals surface area contributed by atoms with Gasteiger partial charge in [0.15, 0.2) is 0 Å². The fraction of sp³-hybridized carbons (Fsp3) is 0.474. The normalized spacial score (nSPS) is 21.6. The van der Waals surface area contributed by atoms with Crippen molar-refractivity contribution < 1.29 is 9.53 Å². The number of piperazine rings is 1. The van der Waals surface area contributed by atoms with Gasteiger partial charge in [0.2, 0.25) is 0 Å². The highest BCUT2D eigenvalue weighted by Gasteiger charge is 2.27. The van der Waals surface area contributed by atoms with Crippen LogP contribution in [0.5, 0.6) is 0 Å². The Hall–Kier alpha value is -2.18. The zero-order valence-corrected chi connectivity index (χ0v) is 14.4. The van der Waals surface area contributed by atoms with E-state index in [1.165, 1.54) is 6.42 Å². The third-order valence-electron chi connectivity index (χ3n) is 5.08. The van der Waals surface area contributed by atoms with Crippen LogP contribution in [0.3, 0.4) is 0 Å². The van der Waals surface area contributed by atoms with Crippen molar-refractivity contribution in [2.75, 3.05) is 39.3 Å². The van der Waals surface area contributed by atoms with Crippen LogP contribution in [0.1, 0.15) is 23.2 Å². The number of hydrogen-bond donors (Lipinski definition) is 1. The van der Waals surface area contributed by atoms with Gasteiger partial charge in [0.05, 0.1) is 23.6 Å². The van der Waals surface area contributed by atoms with Crippen LogP contribution in [-0.2, 0) is 4.74 Å². The summed E-state index contributed by atoms with van der Waals surface area (Å²) in [6.45, 7) is 5.21. The first-order valence-corrected chi connectivity index (χ1v) is 9.03. The van der Waals surface area contributed by atoms with E-state index in [2.05, 4.69) is 15.1 Å². The van der Waals surface area contributed by atoms with Gasteiger partial charge in [-0.3, -0.25) is 14.8 Å². The average Bonchev–Trinajstić information content (AvgIpc) is 3.34. The van der Waals surface area contributed by atoms with Gasteiger partial charge in [-0.15, -0.1) is 0 Å². The molecule has 0 saturated carbocycles. The summed E-state index contributed by atoms with van der Waals surface area (Å²) in [6.07, 6.45) is 4.35. The second-order valence-electron chi connectivity index (χ2n) is 6.75. The standard InChI is InChI=1S/C19H24N4O2/c24-19(17-13-20-21-18(17)15-5-2-1-3-6-15)23-10-8-22(9-11-23)14-16-7-4-12-25-16/h1-3,5-6,13,16H,4,7-12,14H2,(H,20,21)/t16-/m1/s1. The number of amides is 1. The molecular formula is C19H24N4O2. The smallest absolute Gasteiger partial charge is 0.257 e. The molecule has 0 radical (unpaired) electrons. The highest BCUT2D eigenvalue weighted by Crippen LogP contribution is 2.22. The van der Waals surface area contributed by atoms with Gasteiger partial charge in [-0.25, -0.2) is 0 Å². The monoisotopic (exact) mass is 340 g/mol. The number of carbonyl (C=O) groups excluding carboxylic acids is 1. The lowest BCUT2D eigenvalue weighted by molar-refractivity contribution is 0.0433. The van der Waals surface area contributed by atoms with Crippen LogP contribution < -0.4 is 0 Å². The highest BCUT2D eigenvalue weighted by atomic mass is 16.5. The summed E-state index contributed by atoms with van der Waals surface area (Å²) < 4.78 is 5.72. The van der Waals surface area contributed by atoms with Crippen LogP contribution in [0.4, 0.5) is 0 Å². The summed E-state index contributed by atoms with van der Waals surface area (Å²) in [6, 6.07) is 9.88. The minimum atomic E-state index is 0.0596. The Balaban J connectivity index is 1.39. The van der Waals surface area contributed by atoms with Crippen molar-refractivity contribution in [3.63, 3.8) is 0 Å². The van der Waals surface area contributed by atoms with E-state index in [9.17, 15) is 4.79 Å². The van der Waals surface area contributed by atoms with Crippen LogP contribution in [-0.4, -0.2) is 71.3 Å². The van der Waals surface area contributed by atoms with Gasteiger partial charge in [0.1, 0.15) is 0 Å². The molecule has 2 aliphatic heterocycles. The molecule has 0 bridgehead atoms. The molecule has 1 aromatic heterocycles. The Morgan fingerprint density at radius 1 is 1.20 bits per heavy atom. The quantitative estimate of drug-likeness (QED) is 0.925. The lowest BCUT2D eigenvalue weighted by Crippen LogP contribution is -2.50. The molecule has 0 unspecified atom stereocenters. The molecule has 3 heterocycles. The first-order valence-electron chi connectivity index (χ1n) is 9.03. The van der Waals surface area contributed by atoms with Crippen LogP contribution >= 0.6 is 0 Å². The number of H-pyrrole nitrogens is 1. The average molecular weight is 340 g/mol. The number of aromatic amines is 1. The van der Waals surface area contributed by atoms with Crippen LogP contribution in [0.25, 0.3) is 11.3 Å². The lowest BCUT2D eigenvalue weighted by Gasteiger charge is -2.35. The summed E-state index contributed by atoms with van der Waals surface area (Å²) in [4.78, 5) is 17.3. The minimum Gasteiger partial charge on any atom is -0.377 e. The molecule has 6 heteroatoms. The SMILES string of the molecule is O=C(c1cn[nH]c1-c1ccccc1)N1CCN(C[C@H]2CCCO2)CC1. The summed E-state index contributed by atoms with van der Waals surface area (Å²) in [5, 5.41) is 7.07. The van der Waals surface area contributed by atoms with E-state index >= 15 is 0 Å². The van der Waals surface area contributed by atoms with E-state index in [0.717, 1.165) is 57.0 Å². The fourth-order valence-corrected chi connectivity index (χ4v) is 3.65. The Kier molecular flexibility index (Phi) is 4.81. The maximum Gasteiger partial charge on any atom is 0.257 e. The van der Waals surface area contributed by atoms with E-state index < -0.39 is 0 Å². The van der Waals surface area contributed by atoms with E-state index in [0.29, 0.717) is 11.7 Å². The van der Waals surface area contributed by atoms with E-state index in [1.54, 1.807) is 6.20 Å². The van der Waals surface area contributed by atoms with Gasteiger partial charge < -0.3 is 9.64 Å². The topological polar surface area (TPSA) is 61.5 Å². The Morgan fingerprint density at radius 2 is 2.00 bits per heavy atom. The first kappa shape index (κ1) is 16.3. The number of rotatable bonds is 4. The molecule has 2 saturated heterocycles. The Bertz CT molecular complexity index is 701. The molecule has 132 valence electrons. The van der Waals surface area contributed by atoms with Crippen molar-refractivity contribution in [3.8, 4) is 11.3 Å². The molecule has 4 rings (SSSR count). The molecule has 1 atom stereocenters. The van der Waals surface area contributed by atoms with E-state index in [1.807, 2.05) is 35.2 Å². The predicted molar refractivity (Wildman–Crippen MR) is 95.3 cm³/mol. The molecular weight excluding hydrogens is 316 g/mol. The summed E-state index contributed by atoms with van der Waals surface area (Å²) >= 11 is 0. The Labute approximate surface area is 147 Å². The molecule has 2 aliphatic rings. The molecule has 1 N–H and O–H groups in total. The third kappa shape index (κ3) is 3.60. The summed E-state index contributed by atoms with van der Waals surface area (Å²) in [7, 11) is 0. The second kappa shape index (κ2) is 7.37. The molecule has 2 fully saturated rings. The van der Waals surface area contributed by atoms with Gasteiger partial charge in [0, 0.05) is 44.9 Å². The molecule has 0 spiro atoms. The van der Waals surface area contributed by atoms with E-state index in [4.69, 9.17) is 4.74 Å². The summed E-state index contributed by atoms with van der Waals surface area (Å²) in [5.74, 6) is 0.0596. The molecule has 25 heavy (non-hydrogen) atoms. The van der Waals surface area contributed by atoms with Crippen molar-refractivity contribution >= 4 is 5.91 Å². The van der Waals surface area contributed by atoms with Gasteiger partial charge in [-0.2, -0.15) is 5.10 Å². The van der Waals surface area contributed by atoms with Crippen LogP contribution in [0.2, 0.25) is 0 Å². The number of carbonyl (C=O) groups is 1. The lowest BCUT2D eigenvalue weighted by atomic mass is 10.1. The number of hydrogen-bond acceptors (Lipinski definition) is 4. The van der Waals surface area contributed by atoms with E-state index in [-0.39, 0.29) is 5.91 Å².